The van der Waals surface area contributed by atoms with Crippen LogP contribution in [0.1, 0.15) is 15.9 Å². The van der Waals surface area contributed by atoms with Crippen molar-refractivity contribution in [2.24, 2.45) is 0 Å². The molecule has 4 heteroatoms. The van der Waals surface area contributed by atoms with Crippen LogP contribution in [-0.4, -0.2) is 9.58 Å². The van der Waals surface area contributed by atoms with Crippen molar-refractivity contribution in [2.45, 2.75) is 3.79 Å². The van der Waals surface area contributed by atoms with E-state index in [0.29, 0.717) is 11.1 Å². The Labute approximate surface area is 91.6 Å². The van der Waals surface area contributed by atoms with E-state index >= 15 is 0 Å². The number of benzene rings is 1. The summed E-state index contributed by atoms with van der Waals surface area (Å²) >= 11 is 16.3. The maximum Gasteiger partial charge on any atom is 0.253 e. The molecule has 0 saturated heterocycles. The molecule has 0 heterocycles. The van der Waals surface area contributed by atoms with Crippen LogP contribution in [0.2, 0.25) is 0 Å². The predicted octanol–water partition coefficient (Wildman–Crippen LogP) is 3.42. The molecule has 1 rings (SSSR count). The van der Waals surface area contributed by atoms with Crippen LogP contribution in [0.3, 0.4) is 0 Å². The van der Waals surface area contributed by atoms with Crippen LogP contribution in [0.4, 0.5) is 0 Å². The lowest BCUT2D eigenvalue weighted by Crippen LogP contribution is -2.19. The zero-order chi connectivity index (χ0) is 10.1. The first-order valence-corrected chi connectivity index (χ1v) is 4.59. The van der Waals surface area contributed by atoms with Crippen molar-refractivity contribution in [2.75, 3.05) is 0 Å². The van der Waals surface area contributed by atoms with Crippen LogP contribution in [0.25, 0.3) is 0 Å². The van der Waals surface area contributed by atoms with Gasteiger partial charge < -0.3 is 0 Å². The van der Waals surface area contributed by atoms with Gasteiger partial charge in [-0.15, -0.1) is 0 Å². The van der Waals surface area contributed by atoms with Crippen LogP contribution >= 0.6 is 34.8 Å². The molecule has 0 aliphatic rings. The molecule has 0 bridgehead atoms. The molecule has 1 aromatic rings. The highest BCUT2D eigenvalue weighted by molar-refractivity contribution is 6.77. The number of carbonyl (C=O) groups is 1. The number of carbonyl (C=O) groups excluding carboxylic acids is 1. The Bertz CT molecular complexity index is 328. The Morgan fingerprint density at radius 3 is 2.23 bits per heavy atom. The van der Waals surface area contributed by atoms with Crippen LogP contribution < -0.4 is 0 Å². The van der Waals surface area contributed by atoms with Crippen LogP contribution in [0.15, 0.2) is 24.3 Å². The summed E-state index contributed by atoms with van der Waals surface area (Å²) in [5.41, 5.74) is 0.890. The minimum Gasteiger partial charge on any atom is -0.289 e. The monoisotopic (exact) mass is 235 g/mol. The van der Waals surface area contributed by atoms with Crippen molar-refractivity contribution in [3.05, 3.63) is 42.3 Å². The normalized spacial score (nSPS) is 11.4. The Morgan fingerprint density at radius 2 is 1.77 bits per heavy atom. The highest BCUT2D eigenvalue weighted by Gasteiger charge is 2.32. The Kier molecular flexibility index (Phi) is 3.23. The van der Waals surface area contributed by atoms with Gasteiger partial charge in [-0.05, 0) is 12.5 Å². The zero-order valence-corrected chi connectivity index (χ0v) is 8.83. The fraction of sp³-hybridized carbons (Fsp3) is 0.111. The van der Waals surface area contributed by atoms with Crippen molar-refractivity contribution in [1.82, 2.24) is 0 Å². The highest BCUT2D eigenvalue weighted by Crippen LogP contribution is 2.31. The van der Waals surface area contributed by atoms with Gasteiger partial charge in [-0.25, -0.2) is 0 Å². The van der Waals surface area contributed by atoms with Gasteiger partial charge in [0.15, 0.2) is 0 Å². The third-order valence-electron chi connectivity index (χ3n) is 1.52. The molecule has 0 aromatic heterocycles. The molecular formula is C9H6Cl3O. The smallest absolute Gasteiger partial charge is 0.253 e. The zero-order valence-electron chi connectivity index (χ0n) is 6.56. The van der Waals surface area contributed by atoms with Crippen molar-refractivity contribution < 1.29 is 4.79 Å². The van der Waals surface area contributed by atoms with E-state index in [9.17, 15) is 4.79 Å². The molecule has 13 heavy (non-hydrogen) atoms. The highest BCUT2D eigenvalue weighted by atomic mass is 35.6. The first-order chi connectivity index (χ1) is 5.93. The number of halogens is 3. The van der Waals surface area contributed by atoms with E-state index in [1.807, 2.05) is 0 Å². The molecular weight excluding hydrogens is 230 g/mol. The summed E-state index contributed by atoms with van der Waals surface area (Å²) in [4.78, 5) is 11.5. The summed E-state index contributed by atoms with van der Waals surface area (Å²) in [6, 6.07) is 6.71. The Hall–Kier alpha value is -0.240. The maximum absolute atomic E-state index is 11.5. The van der Waals surface area contributed by atoms with Gasteiger partial charge in [0.1, 0.15) is 0 Å². The van der Waals surface area contributed by atoms with Gasteiger partial charge in [0, 0.05) is 5.56 Å². The molecule has 1 nitrogen and oxygen atoms in total. The van der Waals surface area contributed by atoms with Crippen LogP contribution in [0, 0.1) is 6.92 Å². The van der Waals surface area contributed by atoms with E-state index in [1.165, 1.54) is 0 Å². The Balaban J connectivity index is 3.10. The number of hydrogen-bond acceptors (Lipinski definition) is 1. The second-order valence-electron chi connectivity index (χ2n) is 2.48. The standard InChI is InChI=1S/C9H6Cl3O/c1-6-4-2-3-5-7(6)8(13)9(10,11)12/h2-5H,1H2. The second kappa shape index (κ2) is 3.87. The molecule has 69 valence electrons. The van der Waals surface area contributed by atoms with Gasteiger partial charge in [0.2, 0.25) is 5.78 Å². The lowest BCUT2D eigenvalue weighted by atomic mass is 10.1. The molecule has 0 saturated carbocycles. The summed E-state index contributed by atoms with van der Waals surface area (Å²) in [6.45, 7) is 3.66. The lowest BCUT2D eigenvalue weighted by molar-refractivity contribution is 0.0996. The summed E-state index contributed by atoms with van der Waals surface area (Å²) in [6.07, 6.45) is 0. The van der Waals surface area contributed by atoms with Crippen molar-refractivity contribution in [1.29, 1.82) is 0 Å². The van der Waals surface area contributed by atoms with Gasteiger partial charge in [-0.3, -0.25) is 4.79 Å². The van der Waals surface area contributed by atoms with Crippen molar-refractivity contribution >= 4 is 40.6 Å². The summed E-state index contributed by atoms with van der Waals surface area (Å²) < 4.78 is -1.91. The van der Waals surface area contributed by atoms with E-state index in [1.54, 1.807) is 24.3 Å². The van der Waals surface area contributed by atoms with E-state index in [0.717, 1.165) is 0 Å². The third kappa shape index (κ3) is 2.60. The van der Waals surface area contributed by atoms with E-state index in [2.05, 4.69) is 6.92 Å². The first kappa shape index (κ1) is 10.8. The molecule has 0 aliphatic heterocycles. The lowest BCUT2D eigenvalue weighted by Gasteiger charge is -2.10. The Morgan fingerprint density at radius 1 is 1.23 bits per heavy atom. The quantitative estimate of drug-likeness (QED) is 0.539. The average Bonchev–Trinajstić information content (AvgIpc) is 2.02. The third-order valence-corrected chi connectivity index (χ3v) is 2.03. The van der Waals surface area contributed by atoms with Gasteiger partial charge in [0.05, 0.1) is 0 Å². The molecule has 0 spiro atoms. The number of ketones is 1. The molecule has 0 aliphatic carbocycles. The largest absolute Gasteiger partial charge is 0.289 e. The van der Waals surface area contributed by atoms with Crippen LogP contribution in [0.5, 0.6) is 0 Å². The number of Topliss-reactive ketones (excluding diaryl/α,β-unsaturated/α-hetero) is 1. The summed E-state index contributed by atoms with van der Waals surface area (Å²) in [7, 11) is 0. The maximum atomic E-state index is 11.5. The second-order valence-corrected chi connectivity index (χ2v) is 4.77. The summed E-state index contributed by atoms with van der Waals surface area (Å²) in [5, 5.41) is 0. The first-order valence-electron chi connectivity index (χ1n) is 3.45. The molecule has 0 unspecified atom stereocenters. The molecule has 0 amide bonds. The van der Waals surface area contributed by atoms with Gasteiger partial charge in [-0.2, -0.15) is 0 Å². The SMILES string of the molecule is [CH2]c1ccccc1C(=O)C(Cl)(Cl)Cl. The molecule has 1 aromatic carbocycles. The fourth-order valence-electron chi connectivity index (χ4n) is 0.895. The van der Waals surface area contributed by atoms with Crippen LogP contribution in [-0.2, 0) is 0 Å². The fourth-order valence-corrected chi connectivity index (χ4v) is 1.20. The number of rotatable bonds is 1. The van der Waals surface area contributed by atoms with Gasteiger partial charge in [0.25, 0.3) is 3.79 Å². The average molecular weight is 237 g/mol. The predicted molar refractivity (Wildman–Crippen MR) is 55.5 cm³/mol. The van der Waals surface area contributed by atoms with Crippen molar-refractivity contribution in [3.63, 3.8) is 0 Å². The molecule has 0 atom stereocenters. The topological polar surface area (TPSA) is 17.1 Å². The summed E-state index contributed by atoms with van der Waals surface area (Å²) in [5.74, 6) is -0.553. The number of hydrogen-bond donors (Lipinski definition) is 0. The number of alkyl halides is 3. The molecule has 0 N–H and O–H groups in total. The minimum atomic E-state index is -1.91. The van der Waals surface area contributed by atoms with Crippen molar-refractivity contribution in [3.8, 4) is 0 Å². The van der Waals surface area contributed by atoms with Gasteiger partial charge >= 0.3 is 0 Å². The molecule has 0 fully saturated rings. The molecule has 1 radical (unpaired) electrons. The van der Waals surface area contributed by atoms with E-state index in [-0.39, 0.29) is 0 Å². The minimum absolute atomic E-state index is 0.336. The van der Waals surface area contributed by atoms with E-state index in [4.69, 9.17) is 34.8 Å². The van der Waals surface area contributed by atoms with Gasteiger partial charge in [-0.1, -0.05) is 59.1 Å². The van der Waals surface area contributed by atoms with E-state index < -0.39 is 9.58 Å².